The zero-order valence-electron chi connectivity index (χ0n) is 10.1. The maximum Gasteiger partial charge on any atom is 0.208 e. The van der Waals surface area contributed by atoms with E-state index in [0.717, 1.165) is 29.8 Å². The zero-order valence-corrected chi connectivity index (χ0v) is 10.9. The van der Waals surface area contributed by atoms with E-state index in [0.29, 0.717) is 6.04 Å². The molecule has 16 heavy (non-hydrogen) atoms. The molecule has 1 fully saturated rings. The van der Waals surface area contributed by atoms with E-state index in [1.165, 1.54) is 19.3 Å². The molecule has 0 spiro atoms. The van der Waals surface area contributed by atoms with Crippen LogP contribution in [0.1, 0.15) is 31.2 Å². The third kappa shape index (κ3) is 2.71. The van der Waals surface area contributed by atoms with Crippen LogP contribution in [0, 0.1) is 6.92 Å². The van der Waals surface area contributed by atoms with Gasteiger partial charge in [0.15, 0.2) is 0 Å². The minimum Gasteiger partial charge on any atom is -0.342 e. The Morgan fingerprint density at radius 3 is 3.00 bits per heavy atom. The lowest BCUT2D eigenvalue weighted by atomic mass is 10.0. The maximum atomic E-state index is 4.26. The largest absolute Gasteiger partial charge is 0.342 e. The van der Waals surface area contributed by atoms with Gasteiger partial charge < -0.3 is 10.2 Å². The van der Waals surface area contributed by atoms with Crippen LogP contribution in [0.2, 0.25) is 0 Å². The number of aromatic nitrogens is 2. The molecule has 5 heteroatoms. The summed E-state index contributed by atoms with van der Waals surface area (Å²) >= 11 is 1.71. The fourth-order valence-electron chi connectivity index (χ4n) is 2.18. The summed E-state index contributed by atoms with van der Waals surface area (Å²) in [7, 11) is 0. The van der Waals surface area contributed by atoms with Crippen molar-refractivity contribution in [2.75, 3.05) is 24.5 Å². The molecule has 90 valence electrons. The van der Waals surface area contributed by atoms with Gasteiger partial charge in [-0.1, -0.05) is 18.3 Å². The summed E-state index contributed by atoms with van der Waals surface area (Å²) in [6, 6.07) is 0.598. The van der Waals surface area contributed by atoms with Crippen LogP contribution in [0.3, 0.4) is 0 Å². The predicted molar refractivity (Wildman–Crippen MR) is 68.2 cm³/mol. The molecule has 0 amide bonds. The lowest BCUT2D eigenvalue weighted by Gasteiger charge is -2.35. The molecule has 1 N–H and O–H groups in total. The summed E-state index contributed by atoms with van der Waals surface area (Å²) in [4.78, 5) is 2.43. The summed E-state index contributed by atoms with van der Waals surface area (Å²) in [6.07, 6.45) is 3.89. The third-order valence-corrected chi connectivity index (χ3v) is 3.89. The van der Waals surface area contributed by atoms with Gasteiger partial charge >= 0.3 is 0 Å². The van der Waals surface area contributed by atoms with Crippen LogP contribution in [-0.4, -0.2) is 35.9 Å². The van der Waals surface area contributed by atoms with Crippen molar-refractivity contribution in [3.8, 4) is 0 Å². The highest BCUT2D eigenvalue weighted by Crippen LogP contribution is 2.26. The lowest BCUT2D eigenvalue weighted by molar-refractivity contribution is 0.438. The van der Waals surface area contributed by atoms with E-state index < -0.39 is 0 Å². The van der Waals surface area contributed by atoms with Crippen molar-refractivity contribution in [1.82, 2.24) is 15.5 Å². The summed E-state index contributed by atoms with van der Waals surface area (Å²) in [5.74, 6) is 0. The second-order valence-electron chi connectivity index (χ2n) is 4.25. The first-order valence-electron chi connectivity index (χ1n) is 6.08. The van der Waals surface area contributed by atoms with E-state index in [1.54, 1.807) is 11.3 Å². The van der Waals surface area contributed by atoms with Gasteiger partial charge in [-0.3, -0.25) is 0 Å². The number of hydrogen-bond donors (Lipinski definition) is 1. The van der Waals surface area contributed by atoms with Gasteiger partial charge in [0.25, 0.3) is 0 Å². The predicted octanol–water partition coefficient (Wildman–Crippen LogP) is 1.81. The number of nitrogens with zero attached hydrogens (tertiary/aromatic N) is 3. The number of nitrogens with one attached hydrogen (secondary N) is 1. The fourth-order valence-corrected chi connectivity index (χ4v) is 2.96. The highest BCUT2D eigenvalue weighted by Gasteiger charge is 2.24. The summed E-state index contributed by atoms with van der Waals surface area (Å²) < 4.78 is 0. The number of likely N-dealkylation sites (N-methyl/N-ethyl adjacent to an activating group) is 1. The van der Waals surface area contributed by atoms with Gasteiger partial charge in [-0.05, 0) is 32.7 Å². The van der Waals surface area contributed by atoms with Crippen LogP contribution in [0.25, 0.3) is 0 Å². The standard InChI is InChI=1S/C11H20N4S/c1-3-12-8-10-6-4-5-7-15(10)11-14-13-9(2)16-11/h10,12H,3-8H2,1-2H3. The summed E-state index contributed by atoms with van der Waals surface area (Å²) in [5.41, 5.74) is 0. The highest BCUT2D eigenvalue weighted by atomic mass is 32.1. The average Bonchev–Trinajstić information content (AvgIpc) is 2.73. The normalized spacial score (nSPS) is 21.4. The number of rotatable bonds is 4. The molecule has 0 radical (unpaired) electrons. The molecule has 0 aromatic carbocycles. The molecule has 0 aliphatic carbocycles. The Balaban J connectivity index is 2.04. The van der Waals surface area contributed by atoms with E-state index in [1.807, 2.05) is 6.92 Å². The molecular formula is C11H20N4S. The van der Waals surface area contributed by atoms with Gasteiger partial charge in [0.05, 0.1) is 0 Å². The van der Waals surface area contributed by atoms with E-state index in [-0.39, 0.29) is 0 Å². The van der Waals surface area contributed by atoms with Crippen molar-refractivity contribution >= 4 is 16.5 Å². The highest BCUT2D eigenvalue weighted by molar-refractivity contribution is 7.15. The second-order valence-corrected chi connectivity index (χ2v) is 5.41. The van der Waals surface area contributed by atoms with Gasteiger partial charge in [-0.25, -0.2) is 0 Å². The van der Waals surface area contributed by atoms with Gasteiger partial charge in [-0.15, -0.1) is 10.2 Å². The number of aryl methyl sites for hydroxylation is 1. The first-order valence-corrected chi connectivity index (χ1v) is 6.90. The number of piperidine rings is 1. The van der Waals surface area contributed by atoms with Crippen molar-refractivity contribution in [1.29, 1.82) is 0 Å². The Bertz CT molecular complexity index is 326. The van der Waals surface area contributed by atoms with Gasteiger partial charge in [0.2, 0.25) is 5.13 Å². The maximum absolute atomic E-state index is 4.26. The molecule has 2 rings (SSSR count). The Hall–Kier alpha value is -0.680. The van der Waals surface area contributed by atoms with Crippen LogP contribution in [0.4, 0.5) is 5.13 Å². The molecule has 1 atom stereocenters. The molecule has 0 saturated carbocycles. The first kappa shape index (κ1) is 11.8. The van der Waals surface area contributed by atoms with E-state index in [4.69, 9.17) is 0 Å². The second kappa shape index (κ2) is 5.59. The minimum absolute atomic E-state index is 0.598. The Labute approximate surface area is 101 Å². The molecular weight excluding hydrogens is 220 g/mol. The summed E-state index contributed by atoms with van der Waals surface area (Å²) in [5, 5.41) is 14.0. The molecule has 4 nitrogen and oxygen atoms in total. The molecule has 1 saturated heterocycles. The van der Waals surface area contributed by atoms with Gasteiger partial charge in [0, 0.05) is 19.1 Å². The van der Waals surface area contributed by atoms with E-state index in [9.17, 15) is 0 Å². The average molecular weight is 240 g/mol. The first-order chi connectivity index (χ1) is 7.81. The number of anilines is 1. The van der Waals surface area contributed by atoms with Crippen molar-refractivity contribution < 1.29 is 0 Å². The molecule has 1 aromatic heterocycles. The van der Waals surface area contributed by atoms with Gasteiger partial charge in [0.1, 0.15) is 5.01 Å². The Kier molecular flexibility index (Phi) is 4.12. The quantitative estimate of drug-likeness (QED) is 0.871. The van der Waals surface area contributed by atoms with Crippen LogP contribution < -0.4 is 10.2 Å². The minimum atomic E-state index is 0.598. The van der Waals surface area contributed by atoms with E-state index in [2.05, 4.69) is 27.3 Å². The molecule has 1 aliphatic rings. The zero-order chi connectivity index (χ0) is 11.4. The third-order valence-electron chi connectivity index (χ3n) is 3.02. The number of hydrogen-bond acceptors (Lipinski definition) is 5. The fraction of sp³-hybridized carbons (Fsp3) is 0.818. The van der Waals surface area contributed by atoms with Crippen molar-refractivity contribution in [3.63, 3.8) is 0 Å². The topological polar surface area (TPSA) is 41.0 Å². The molecule has 1 aromatic rings. The Morgan fingerprint density at radius 1 is 1.44 bits per heavy atom. The molecule has 2 heterocycles. The monoisotopic (exact) mass is 240 g/mol. The van der Waals surface area contributed by atoms with Crippen LogP contribution in [-0.2, 0) is 0 Å². The van der Waals surface area contributed by atoms with Crippen LogP contribution in [0.15, 0.2) is 0 Å². The Morgan fingerprint density at radius 2 is 2.31 bits per heavy atom. The smallest absolute Gasteiger partial charge is 0.208 e. The van der Waals surface area contributed by atoms with Crippen LogP contribution in [0.5, 0.6) is 0 Å². The molecule has 0 bridgehead atoms. The lowest BCUT2D eigenvalue weighted by Crippen LogP contribution is -2.45. The molecule has 1 aliphatic heterocycles. The van der Waals surface area contributed by atoms with Crippen LogP contribution >= 0.6 is 11.3 Å². The van der Waals surface area contributed by atoms with Crippen molar-refractivity contribution in [2.45, 2.75) is 39.2 Å². The van der Waals surface area contributed by atoms with Gasteiger partial charge in [-0.2, -0.15) is 0 Å². The van der Waals surface area contributed by atoms with Crippen molar-refractivity contribution in [3.05, 3.63) is 5.01 Å². The SMILES string of the molecule is CCNCC1CCCCN1c1nnc(C)s1. The van der Waals surface area contributed by atoms with E-state index >= 15 is 0 Å². The van der Waals surface area contributed by atoms with Crippen molar-refractivity contribution in [2.24, 2.45) is 0 Å². The molecule has 1 unspecified atom stereocenters. The summed E-state index contributed by atoms with van der Waals surface area (Å²) in [6.45, 7) is 7.41.